The van der Waals surface area contributed by atoms with Crippen LogP contribution < -0.4 is 20.3 Å². The van der Waals surface area contributed by atoms with Crippen molar-refractivity contribution in [3.63, 3.8) is 0 Å². The fourth-order valence-electron chi connectivity index (χ4n) is 1.83. The molecule has 2 N–H and O–H groups in total. The van der Waals surface area contributed by atoms with Crippen LogP contribution in [0.25, 0.3) is 0 Å². The van der Waals surface area contributed by atoms with Crippen molar-refractivity contribution in [1.82, 2.24) is 10.9 Å². The number of carbonyl (C=O) groups excluding carboxylic acids is 2. The Bertz CT molecular complexity index is 719. The molecule has 0 saturated heterocycles. The van der Waals surface area contributed by atoms with Gasteiger partial charge in [0.2, 0.25) is 0 Å². The van der Waals surface area contributed by atoms with Gasteiger partial charge < -0.3 is 9.47 Å². The lowest BCUT2D eigenvalue weighted by Crippen LogP contribution is -2.47. The number of nitrogens with one attached hydrogen (secondary N) is 2. The zero-order chi connectivity index (χ0) is 17.5. The zero-order valence-corrected chi connectivity index (χ0v) is 14.8. The monoisotopic (exact) mass is 392 g/mol. The van der Waals surface area contributed by atoms with E-state index in [1.54, 1.807) is 56.5 Å². The van der Waals surface area contributed by atoms with Gasteiger partial charge in [-0.05, 0) is 49.4 Å². The van der Waals surface area contributed by atoms with Crippen molar-refractivity contribution >= 4 is 27.7 Å². The van der Waals surface area contributed by atoms with Crippen LogP contribution in [0.5, 0.6) is 11.5 Å². The number of rotatable bonds is 5. The van der Waals surface area contributed by atoms with Crippen molar-refractivity contribution in [3.8, 4) is 11.5 Å². The van der Waals surface area contributed by atoms with Crippen molar-refractivity contribution in [2.75, 3.05) is 7.11 Å². The number of hydrogen-bond acceptors (Lipinski definition) is 4. The summed E-state index contributed by atoms with van der Waals surface area (Å²) < 4.78 is 11.4. The van der Waals surface area contributed by atoms with Gasteiger partial charge in [0.1, 0.15) is 11.5 Å². The van der Waals surface area contributed by atoms with Gasteiger partial charge in [-0.25, -0.2) is 0 Å². The molecule has 0 heterocycles. The van der Waals surface area contributed by atoms with Crippen molar-refractivity contribution in [2.45, 2.75) is 13.0 Å². The van der Waals surface area contributed by atoms with Crippen LogP contribution in [-0.4, -0.2) is 25.0 Å². The minimum atomic E-state index is -0.768. The Labute approximate surface area is 148 Å². The highest BCUT2D eigenvalue weighted by Gasteiger charge is 2.16. The van der Waals surface area contributed by atoms with E-state index in [1.807, 2.05) is 6.07 Å². The summed E-state index contributed by atoms with van der Waals surface area (Å²) in [5, 5.41) is 0. The van der Waals surface area contributed by atoms with Gasteiger partial charge in [0.05, 0.1) is 7.11 Å². The van der Waals surface area contributed by atoms with E-state index in [0.717, 1.165) is 4.47 Å². The van der Waals surface area contributed by atoms with Crippen LogP contribution in [0.3, 0.4) is 0 Å². The van der Waals surface area contributed by atoms with Crippen LogP contribution in [0.4, 0.5) is 0 Å². The van der Waals surface area contributed by atoms with Gasteiger partial charge in [-0.3, -0.25) is 20.4 Å². The molecule has 0 saturated carbocycles. The molecule has 126 valence electrons. The van der Waals surface area contributed by atoms with Crippen LogP contribution in [0.15, 0.2) is 53.0 Å². The average Bonchev–Trinajstić information content (AvgIpc) is 2.59. The SMILES string of the molecule is COc1ccc(C(=O)NNC(=O)[C@@H](C)Oc2cccc(Br)c2)cc1. The van der Waals surface area contributed by atoms with Gasteiger partial charge in [-0.2, -0.15) is 0 Å². The Kier molecular flexibility index (Phi) is 6.20. The topological polar surface area (TPSA) is 76.7 Å². The van der Waals surface area contributed by atoms with E-state index in [0.29, 0.717) is 17.1 Å². The lowest BCUT2D eigenvalue weighted by molar-refractivity contribution is -0.128. The maximum absolute atomic E-state index is 12.0. The highest BCUT2D eigenvalue weighted by molar-refractivity contribution is 9.10. The molecule has 0 radical (unpaired) electrons. The summed E-state index contributed by atoms with van der Waals surface area (Å²) in [6, 6.07) is 13.7. The van der Waals surface area contributed by atoms with E-state index in [1.165, 1.54) is 0 Å². The molecular weight excluding hydrogens is 376 g/mol. The summed E-state index contributed by atoms with van der Waals surface area (Å²) in [4.78, 5) is 23.9. The number of hydrogen-bond donors (Lipinski definition) is 2. The Morgan fingerprint density at radius 2 is 1.75 bits per heavy atom. The Morgan fingerprint density at radius 1 is 1.04 bits per heavy atom. The molecule has 0 aliphatic heterocycles. The second-order valence-electron chi connectivity index (χ2n) is 4.89. The molecule has 0 bridgehead atoms. The third-order valence-corrected chi connectivity index (χ3v) is 3.62. The third-order valence-electron chi connectivity index (χ3n) is 3.13. The molecule has 0 fully saturated rings. The highest BCUT2D eigenvalue weighted by atomic mass is 79.9. The maximum Gasteiger partial charge on any atom is 0.279 e. The van der Waals surface area contributed by atoms with E-state index in [4.69, 9.17) is 9.47 Å². The predicted octanol–water partition coefficient (Wildman–Crippen LogP) is 2.69. The van der Waals surface area contributed by atoms with Gasteiger partial charge in [0, 0.05) is 10.0 Å². The van der Waals surface area contributed by atoms with Crippen molar-refractivity contribution in [2.24, 2.45) is 0 Å². The number of carbonyl (C=O) groups is 2. The molecule has 2 aromatic carbocycles. The van der Waals surface area contributed by atoms with Crippen LogP contribution in [-0.2, 0) is 4.79 Å². The van der Waals surface area contributed by atoms with E-state index in [9.17, 15) is 9.59 Å². The number of methoxy groups -OCH3 is 1. The van der Waals surface area contributed by atoms with Crippen molar-refractivity contribution in [3.05, 3.63) is 58.6 Å². The first-order chi connectivity index (χ1) is 11.5. The van der Waals surface area contributed by atoms with Crippen molar-refractivity contribution in [1.29, 1.82) is 0 Å². The lowest BCUT2D eigenvalue weighted by atomic mass is 10.2. The van der Waals surface area contributed by atoms with E-state index in [2.05, 4.69) is 26.8 Å². The molecule has 2 amide bonds. The summed E-state index contributed by atoms with van der Waals surface area (Å²) in [7, 11) is 1.54. The molecule has 0 spiro atoms. The van der Waals surface area contributed by atoms with Crippen molar-refractivity contribution < 1.29 is 19.1 Å². The first-order valence-corrected chi connectivity index (χ1v) is 7.95. The van der Waals surface area contributed by atoms with Gasteiger partial charge in [0.25, 0.3) is 11.8 Å². The summed E-state index contributed by atoms with van der Waals surface area (Å²) in [6.45, 7) is 1.59. The fraction of sp³-hybridized carbons (Fsp3) is 0.176. The Morgan fingerprint density at radius 3 is 2.38 bits per heavy atom. The molecule has 24 heavy (non-hydrogen) atoms. The average molecular weight is 393 g/mol. The summed E-state index contributed by atoms with van der Waals surface area (Å²) >= 11 is 3.33. The van der Waals surface area contributed by atoms with Gasteiger partial charge in [-0.15, -0.1) is 0 Å². The molecule has 2 rings (SSSR count). The van der Waals surface area contributed by atoms with Crippen LogP contribution >= 0.6 is 15.9 Å². The second-order valence-corrected chi connectivity index (χ2v) is 5.81. The zero-order valence-electron chi connectivity index (χ0n) is 13.2. The van der Waals surface area contributed by atoms with Crippen LogP contribution in [0.2, 0.25) is 0 Å². The highest BCUT2D eigenvalue weighted by Crippen LogP contribution is 2.18. The number of halogens is 1. The normalized spacial score (nSPS) is 11.3. The fourth-order valence-corrected chi connectivity index (χ4v) is 2.21. The molecule has 0 aliphatic rings. The van der Waals surface area contributed by atoms with Gasteiger partial charge in [-0.1, -0.05) is 22.0 Å². The minimum absolute atomic E-state index is 0.400. The Hall–Kier alpha value is -2.54. The smallest absolute Gasteiger partial charge is 0.279 e. The van der Waals surface area contributed by atoms with E-state index in [-0.39, 0.29) is 0 Å². The Balaban J connectivity index is 1.86. The van der Waals surface area contributed by atoms with Gasteiger partial charge in [0.15, 0.2) is 6.10 Å². The first-order valence-electron chi connectivity index (χ1n) is 7.16. The number of amides is 2. The van der Waals surface area contributed by atoms with E-state index < -0.39 is 17.9 Å². The standard InChI is InChI=1S/C17H17BrN2O4/c1-11(24-15-5-3-4-13(18)10-15)16(21)19-20-17(22)12-6-8-14(23-2)9-7-12/h3-11H,1-2H3,(H,19,21)(H,20,22)/t11-/m1/s1. The third kappa shape index (κ3) is 4.99. The quantitative estimate of drug-likeness (QED) is 0.766. The van der Waals surface area contributed by atoms with Crippen LogP contribution in [0, 0.1) is 0 Å². The molecule has 2 aromatic rings. The maximum atomic E-state index is 12.0. The molecule has 7 heteroatoms. The van der Waals surface area contributed by atoms with E-state index >= 15 is 0 Å². The molecule has 0 unspecified atom stereocenters. The molecular formula is C17H17BrN2O4. The summed E-state index contributed by atoms with van der Waals surface area (Å²) in [6.07, 6.45) is -0.768. The number of hydrazine groups is 1. The lowest BCUT2D eigenvalue weighted by Gasteiger charge is -2.15. The van der Waals surface area contributed by atoms with Gasteiger partial charge >= 0.3 is 0 Å². The predicted molar refractivity (Wildman–Crippen MR) is 92.8 cm³/mol. The summed E-state index contributed by atoms with van der Waals surface area (Å²) in [5.74, 6) is 0.303. The minimum Gasteiger partial charge on any atom is -0.497 e. The largest absolute Gasteiger partial charge is 0.497 e. The molecule has 6 nitrogen and oxygen atoms in total. The first kappa shape index (κ1) is 17.8. The number of ether oxygens (including phenoxy) is 2. The second kappa shape index (κ2) is 8.35. The number of benzene rings is 2. The van der Waals surface area contributed by atoms with Crippen LogP contribution in [0.1, 0.15) is 17.3 Å². The molecule has 0 aliphatic carbocycles. The molecule has 0 aromatic heterocycles. The molecule has 1 atom stereocenters. The summed E-state index contributed by atoms with van der Waals surface area (Å²) in [5.41, 5.74) is 5.08.